The van der Waals surface area contributed by atoms with Crippen molar-refractivity contribution in [3.63, 3.8) is 0 Å². The van der Waals surface area contributed by atoms with E-state index in [4.69, 9.17) is 5.11 Å². The molecule has 2 N–H and O–H groups in total. The highest BCUT2D eigenvalue weighted by molar-refractivity contribution is 5.85. The average Bonchev–Trinajstić information content (AvgIpc) is 2.59. The van der Waals surface area contributed by atoms with Gasteiger partial charge in [-0.25, -0.2) is 0 Å². The van der Waals surface area contributed by atoms with Gasteiger partial charge in [-0.1, -0.05) is 32.1 Å². The molecule has 2 rings (SSSR count). The molecule has 0 atom stereocenters. The molecule has 2 fully saturated rings. The molecule has 0 bridgehead atoms. The van der Waals surface area contributed by atoms with Crippen LogP contribution >= 0.6 is 12.4 Å². The fourth-order valence-electron chi connectivity index (χ4n) is 3.55. The first-order valence-corrected chi connectivity index (χ1v) is 9.03. The maximum Gasteiger partial charge on any atom is 0.322 e. The number of carboxylic acid groups (broad SMARTS) is 1. The van der Waals surface area contributed by atoms with Crippen LogP contribution in [0.15, 0.2) is 0 Å². The lowest BCUT2D eigenvalue weighted by atomic mass is 9.86. The number of halogens is 1. The smallest absolute Gasteiger partial charge is 0.322 e. The molecular weight excluding hydrogens is 346 g/mol. The highest BCUT2D eigenvalue weighted by atomic mass is 35.5. The number of carboxylic acids is 1. The van der Waals surface area contributed by atoms with Crippen LogP contribution < -0.4 is 5.32 Å². The quantitative estimate of drug-likeness (QED) is 0.695. The zero-order chi connectivity index (χ0) is 17.4. The van der Waals surface area contributed by atoms with Crippen molar-refractivity contribution in [1.29, 1.82) is 0 Å². The van der Waals surface area contributed by atoms with Gasteiger partial charge in [-0.3, -0.25) is 19.3 Å². The number of hydrogen-bond acceptors (Lipinski definition) is 4. The highest BCUT2D eigenvalue weighted by Gasteiger charge is 2.23. The van der Waals surface area contributed by atoms with E-state index >= 15 is 0 Å². The summed E-state index contributed by atoms with van der Waals surface area (Å²) >= 11 is 0. The molecule has 8 heteroatoms. The number of rotatable bonds is 7. The molecule has 1 aliphatic carbocycles. The van der Waals surface area contributed by atoms with Crippen molar-refractivity contribution in [3.8, 4) is 0 Å². The zero-order valence-electron chi connectivity index (χ0n) is 14.7. The minimum Gasteiger partial charge on any atom is -0.480 e. The Bertz CT molecular complexity index is 447. The molecule has 1 heterocycles. The van der Waals surface area contributed by atoms with E-state index in [2.05, 4.69) is 5.32 Å². The normalized spacial score (nSPS) is 19.1. The van der Waals surface area contributed by atoms with E-state index in [0.717, 1.165) is 12.3 Å². The predicted molar refractivity (Wildman–Crippen MR) is 96.7 cm³/mol. The van der Waals surface area contributed by atoms with Gasteiger partial charge in [0.25, 0.3) is 0 Å². The molecule has 2 aliphatic rings. The van der Waals surface area contributed by atoms with E-state index in [-0.39, 0.29) is 37.3 Å². The summed E-state index contributed by atoms with van der Waals surface area (Å²) in [5, 5.41) is 10.9. The number of hydrogen-bond donors (Lipinski definition) is 2. The second-order valence-electron chi connectivity index (χ2n) is 6.87. The Kier molecular flexibility index (Phi) is 9.82. The van der Waals surface area contributed by atoms with E-state index in [1.807, 2.05) is 9.80 Å². The largest absolute Gasteiger partial charge is 0.480 e. The van der Waals surface area contributed by atoms with Crippen molar-refractivity contribution < 1.29 is 19.5 Å². The molecule has 144 valence electrons. The number of carbonyl (C=O) groups excluding carboxylic acids is 2. The fourth-order valence-corrected chi connectivity index (χ4v) is 3.55. The second-order valence-corrected chi connectivity index (χ2v) is 6.87. The Balaban J connectivity index is 0.00000312. The molecule has 25 heavy (non-hydrogen) atoms. The topological polar surface area (TPSA) is 89.9 Å². The van der Waals surface area contributed by atoms with Crippen LogP contribution in [0.1, 0.15) is 44.9 Å². The third-order valence-corrected chi connectivity index (χ3v) is 5.02. The van der Waals surface area contributed by atoms with Crippen LogP contribution in [-0.4, -0.2) is 72.0 Å². The predicted octanol–water partition coefficient (Wildman–Crippen LogP) is 1.11. The van der Waals surface area contributed by atoms with Crippen LogP contribution in [0.25, 0.3) is 0 Å². The van der Waals surface area contributed by atoms with Gasteiger partial charge in [0, 0.05) is 32.6 Å². The summed E-state index contributed by atoms with van der Waals surface area (Å²) in [5.41, 5.74) is 0. The first-order valence-electron chi connectivity index (χ1n) is 9.03. The van der Waals surface area contributed by atoms with Gasteiger partial charge >= 0.3 is 5.97 Å². The molecule has 1 saturated heterocycles. The Morgan fingerprint density at radius 1 is 1.00 bits per heavy atom. The molecule has 2 amide bonds. The van der Waals surface area contributed by atoms with Gasteiger partial charge in [0.1, 0.15) is 6.54 Å². The third-order valence-electron chi connectivity index (χ3n) is 5.02. The number of piperazine rings is 1. The van der Waals surface area contributed by atoms with Crippen LogP contribution in [0.2, 0.25) is 0 Å². The Hall–Kier alpha value is -1.34. The van der Waals surface area contributed by atoms with E-state index < -0.39 is 5.97 Å². The van der Waals surface area contributed by atoms with Crippen LogP contribution in [-0.2, 0) is 14.4 Å². The Labute approximate surface area is 155 Å². The number of nitrogens with zero attached hydrogens (tertiary/aromatic N) is 2. The standard InChI is InChI=1S/C17H29N3O4.ClH/c21-15(18-12-17(23)24)13-19-8-10-20(11-9-19)16(22)7-6-14-4-2-1-3-5-14;/h14H,1-13H2,(H,18,21)(H,23,24);1H. The molecule has 0 aromatic carbocycles. The third kappa shape index (κ3) is 8.05. The fraction of sp³-hybridized carbons (Fsp3) is 0.824. The van der Waals surface area contributed by atoms with Gasteiger partial charge in [-0.05, 0) is 12.3 Å². The summed E-state index contributed by atoms with van der Waals surface area (Å²) in [4.78, 5) is 38.2. The number of nitrogens with one attached hydrogen (secondary N) is 1. The van der Waals surface area contributed by atoms with Gasteiger partial charge in [-0.15, -0.1) is 12.4 Å². The molecule has 0 unspecified atom stereocenters. The average molecular weight is 376 g/mol. The van der Waals surface area contributed by atoms with Gasteiger partial charge in [-0.2, -0.15) is 0 Å². The Morgan fingerprint density at radius 2 is 1.64 bits per heavy atom. The highest BCUT2D eigenvalue weighted by Crippen LogP contribution is 2.27. The molecule has 0 radical (unpaired) electrons. The SMILES string of the molecule is Cl.O=C(O)CNC(=O)CN1CCN(C(=O)CCC2CCCCC2)CC1. The lowest BCUT2D eigenvalue weighted by Crippen LogP contribution is -2.51. The van der Waals surface area contributed by atoms with E-state index in [0.29, 0.717) is 32.6 Å². The summed E-state index contributed by atoms with van der Waals surface area (Å²) in [6.45, 7) is 2.46. The molecule has 1 saturated carbocycles. The lowest BCUT2D eigenvalue weighted by molar-refractivity contribution is -0.138. The van der Waals surface area contributed by atoms with Crippen LogP contribution in [0.5, 0.6) is 0 Å². The molecule has 1 aliphatic heterocycles. The maximum atomic E-state index is 12.3. The van der Waals surface area contributed by atoms with Crippen LogP contribution in [0.3, 0.4) is 0 Å². The molecule has 0 aromatic rings. The number of carbonyl (C=O) groups is 3. The second kappa shape index (κ2) is 11.3. The van der Waals surface area contributed by atoms with Crippen molar-refractivity contribution in [1.82, 2.24) is 15.1 Å². The molecule has 0 aromatic heterocycles. The van der Waals surface area contributed by atoms with Gasteiger partial charge in [0.2, 0.25) is 11.8 Å². The minimum atomic E-state index is -1.04. The first kappa shape index (κ1) is 21.7. The van der Waals surface area contributed by atoms with Crippen molar-refractivity contribution in [2.45, 2.75) is 44.9 Å². The Morgan fingerprint density at radius 3 is 2.24 bits per heavy atom. The summed E-state index contributed by atoms with van der Waals surface area (Å²) in [6, 6.07) is 0. The summed E-state index contributed by atoms with van der Waals surface area (Å²) < 4.78 is 0. The minimum absolute atomic E-state index is 0. The van der Waals surface area contributed by atoms with Gasteiger partial charge in [0.15, 0.2) is 0 Å². The van der Waals surface area contributed by atoms with Gasteiger partial charge in [0.05, 0.1) is 6.54 Å². The van der Waals surface area contributed by atoms with Crippen molar-refractivity contribution >= 4 is 30.2 Å². The monoisotopic (exact) mass is 375 g/mol. The summed E-state index contributed by atoms with van der Waals surface area (Å²) in [7, 11) is 0. The summed E-state index contributed by atoms with van der Waals surface area (Å²) in [5.74, 6) is -0.372. The number of aliphatic carboxylic acids is 1. The van der Waals surface area contributed by atoms with E-state index in [9.17, 15) is 14.4 Å². The van der Waals surface area contributed by atoms with Crippen molar-refractivity contribution in [2.75, 3.05) is 39.3 Å². The first-order chi connectivity index (χ1) is 11.5. The van der Waals surface area contributed by atoms with E-state index in [1.165, 1.54) is 32.1 Å². The molecule has 0 spiro atoms. The summed E-state index contributed by atoms with van der Waals surface area (Å²) in [6.07, 6.45) is 8.15. The lowest BCUT2D eigenvalue weighted by Gasteiger charge is -2.34. The zero-order valence-corrected chi connectivity index (χ0v) is 15.6. The van der Waals surface area contributed by atoms with Crippen molar-refractivity contribution in [2.24, 2.45) is 5.92 Å². The van der Waals surface area contributed by atoms with Gasteiger partial charge < -0.3 is 15.3 Å². The van der Waals surface area contributed by atoms with Crippen molar-refractivity contribution in [3.05, 3.63) is 0 Å². The van der Waals surface area contributed by atoms with Crippen LogP contribution in [0, 0.1) is 5.92 Å². The number of amides is 2. The maximum absolute atomic E-state index is 12.3. The molecular formula is C17H30ClN3O4. The van der Waals surface area contributed by atoms with Crippen LogP contribution in [0.4, 0.5) is 0 Å². The van der Waals surface area contributed by atoms with E-state index in [1.54, 1.807) is 0 Å². The molecule has 7 nitrogen and oxygen atoms in total.